The third-order valence-electron chi connectivity index (χ3n) is 5.34. The van der Waals surface area contributed by atoms with Gasteiger partial charge in [-0.25, -0.2) is 0 Å². The molecule has 28 heavy (non-hydrogen) atoms. The number of carbonyl (C=O) groups is 2. The molecule has 0 radical (unpaired) electrons. The fourth-order valence-electron chi connectivity index (χ4n) is 3.94. The largest absolute Gasteiger partial charge is 0.496 e. The lowest BCUT2D eigenvalue weighted by Gasteiger charge is -2.34. The van der Waals surface area contributed by atoms with Gasteiger partial charge >= 0.3 is 0 Å². The third-order valence-corrected chi connectivity index (χ3v) is 5.34. The minimum Gasteiger partial charge on any atom is -0.496 e. The summed E-state index contributed by atoms with van der Waals surface area (Å²) in [6, 6.07) is 7.27. The molecule has 0 spiro atoms. The molecule has 0 aromatic heterocycles. The van der Waals surface area contributed by atoms with Crippen LogP contribution < -0.4 is 4.74 Å². The first-order chi connectivity index (χ1) is 13.6. The van der Waals surface area contributed by atoms with Crippen molar-refractivity contribution in [3.8, 4) is 5.75 Å². The van der Waals surface area contributed by atoms with Crippen LogP contribution in [0.25, 0.3) is 5.57 Å². The quantitative estimate of drug-likeness (QED) is 0.537. The monoisotopic (exact) mass is 388 g/mol. The summed E-state index contributed by atoms with van der Waals surface area (Å²) >= 11 is 0. The van der Waals surface area contributed by atoms with Crippen molar-refractivity contribution in [3.63, 3.8) is 0 Å². The number of rotatable bonds is 8. The van der Waals surface area contributed by atoms with Crippen molar-refractivity contribution in [2.24, 2.45) is 5.92 Å². The van der Waals surface area contributed by atoms with E-state index in [0.717, 1.165) is 12.8 Å². The van der Waals surface area contributed by atoms with Crippen LogP contribution in [0.4, 0.5) is 0 Å². The van der Waals surface area contributed by atoms with Crippen molar-refractivity contribution in [3.05, 3.63) is 35.5 Å². The van der Waals surface area contributed by atoms with Gasteiger partial charge in [0.2, 0.25) is 0 Å². The van der Waals surface area contributed by atoms with Crippen molar-refractivity contribution < 1.29 is 24.2 Å². The molecule has 1 atom stereocenters. The number of hydrogen-bond acceptors (Lipinski definition) is 6. The van der Waals surface area contributed by atoms with E-state index >= 15 is 0 Å². The predicted molar refractivity (Wildman–Crippen MR) is 105 cm³/mol. The number of hydrogen-bond donors (Lipinski definition) is 1. The lowest BCUT2D eigenvalue weighted by Crippen LogP contribution is -2.40. The van der Waals surface area contributed by atoms with Crippen LogP contribution >= 0.6 is 0 Å². The van der Waals surface area contributed by atoms with Crippen LogP contribution in [0, 0.1) is 5.92 Å². The van der Waals surface area contributed by atoms with Gasteiger partial charge in [-0.05, 0) is 31.2 Å². The van der Waals surface area contributed by atoms with Gasteiger partial charge in [-0.15, -0.1) is 0 Å². The second-order valence-electron chi connectivity index (χ2n) is 7.17. The Morgan fingerprint density at radius 2 is 1.96 bits per heavy atom. The van der Waals surface area contributed by atoms with E-state index in [1.807, 2.05) is 23.1 Å². The van der Waals surface area contributed by atoms with Gasteiger partial charge in [0.15, 0.2) is 0 Å². The van der Waals surface area contributed by atoms with E-state index in [2.05, 4.69) is 0 Å². The lowest BCUT2D eigenvalue weighted by molar-refractivity contribution is -0.137. The van der Waals surface area contributed by atoms with E-state index in [1.165, 1.54) is 4.90 Å². The average molecular weight is 388 g/mol. The first-order valence-electron chi connectivity index (χ1n) is 9.71. The van der Waals surface area contributed by atoms with Gasteiger partial charge in [0.05, 0.1) is 12.7 Å². The van der Waals surface area contributed by atoms with Gasteiger partial charge in [0, 0.05) is 45.5 Å². The second kappa shape index (κ2) is 9.21. The van der Waals surface area contributed by atoms with E-state index in [-0.39, 0.29) is 24.3 Å². The van der Waals surface area contributed by atoms with Gasteiger partial charge in [-0.2, -0.15) is 0 Å². The van der Waals surface area contributed by atoms with Crippen molar-refractivity contribution in [2.45, 2.75) is 19.3 Å². The summed E-state index contributed by atoms with van der Waals surface area (Å²) in [5, 5.41) is 9.59. The van der Waals surface area contributed by atoms with Gasteiger partial charge in [0.1, 0.15) is 11.4 Å². The summed E-state index contributed by atoms with van der Waals surface area (Å²) < 4.78 is 10.5. The summed E-state index contributed by atoms with van der Waals surface area (Å²) in [6.45, 7) is 2.12. The molecule has 152 valence electrons. The minimum atomic E-state index is -0.299. The fourth-order valence-corrected chi connectivity index (χ4v) is 3.94. The Balaban J connectivity index is 2.02. The average Bonchev–Trinajstić information content (AvgIpc) is 2.98. The van der Waals surface area contributed by atoms with Crippen LogP contribution in [-0.4, -0.2) is 73.8 Å². The molecule has 7 heteroatoms. The van der Waals surface area contributed by atoms with Gasteiger partial charge in [-0.1, -0.05) is 18.2 Å². The summed E-state index contributed by atoms with van der Waals surface area (Å²) in [5.41, 5.74) is 1.43. The van der Waals surface area contributed by atoms with Crippen LogP contribution in [0.3, 0.4) is 0 Å². The summed E-state index contributed by atoms with van der Waals surface area (Å²) in [6.07, 6.45) is 2.38. The zero-order chi connectivity index (χ0) is 20.1. The second-order valence-corrected chi connectivity index (χ2v) is 7.17. The Kier molecular flexibility index (Phi) is 6.70. The van der Waals surface area contributed by atoms with Crippen molar-refractivity contribution >= 4 is 17.4 Å². The number of aliphatic hydroxyl groups is 1. The van der Waals surface area contributed by atoms with E-state index in [1.54, 1.807) is 20.3 Å². The fraction of sp³-hybridized carbons (Fsp3) is 0.524. The highest BCUT2D eigenvalue weighted by Gasteiger charge is 2.42. The molecule has 1 unspecified atom stereocenters. The summed E-state index contributed by atoms with van der Waals surface area (Å²) in [4.78, 5) is 29.8. The Labute approximate surface area is 165 Å². The molecule has 2 aliphatic rings. The standard InChI is InChI=1S/C21H28N2O5/c1-27-12-6-11-23-20(25)18(16-8-3-4-9-17(16)28-2)19(21(23)26)22-10-5-7-15(13-22)14-24/h3-4,8-9,15,24H,5-7,10-14H2,1-2H3. The highest BCUT2D eigenvalue weighted by atomic mass is 16.5. The topological polar surface area (TPSA) is 79.3 Å². The highest BCUT2D eigenvalue weighted by molar-refractivity contribution is 6.36. The third kappa shape index (κ3) is 3.91. The lowest BCUT2D eigenvalue weighted by atomic mass is 9.96. The molecule has 2 amide bonds. The van der Waals surface area contributed by atoms with E-state index in [0.29, 0.717) is 55.2 Å². The number of aliphatic hydroxyl groups excluding tert-OH is 1. The Hall–Kier alpha value is -2.38. The molecule has 1 fully saturated rings. The van der Waals surface area contributed by atoms with Crippen molar-refractivity contribution in [2.75, 3.05) is 47.1 Å². The number of benzene rings is 1. The molecule has 1 saturated heterocycles. The molecule has 7 nitrogen and oxygen atoms in total. The highest BCUT2D eigenvalue weighted by Crippen LogP contribution is 2.37. The number of nitrogens with zero attached hydrogens (tertiary/aromatic N) is 2. The minimum absolute atomic E-state index is 0.0768. The van der Waals surface area contributed by atoms with Crippen molar-refractivity contribution in [1.82, 2.24) is 9.80 Å². The number of para-hydroxylation sites is 1. The molecule has 0 saturated carbocycles. The van der Waals surface area contributed by atoms with E-state index in [4.69, 9.17) is 9.47 Å². The van der Waals surface area contributed by atoms with Gasteiger partial charge < -0.3 is 19.5 Å². The SMILES string of the molecule is COCCCN1C(=O)C(c2ccccc2OC)=C(N2CCCC(CO)C2)C1=O. The number of ether oxygens (including phenoxy) is 2. The van der Waals surface area contributed by atoms with Crippen molar-refractivity contribution in [1.29, 1.82) is 0 Å². The molecule has 0 aliphatic carbocycles. The Morgan fingerprint density at radius 3 is 2.68 bits per heavy atom. The van der Waals surface area contributed by atoms with E-state index in [9.17, 15) is 14.7 Å². The summed E-state index contributed by atoms with van der Waals surface area (Å²) in [7, 11) is 3.15. The molecule has 2 heterocycles. The normalized spacial score (nSPS) is 20.3. The maximum atomic E-state index is 13.3. The van der Waals surface area contributed by atoms with Crippen LogP contribution in [0.15, 0.2) is 30.0 Å². The number of carbonyl (C=O) groups excluding carboxylic acids is 2. The molecule has 1 aromatic carbocycles. The first kappa shape index (κ1) is 20.4. The zero-order valence-electron chi connectivity index (χ0n) is 16.5. The molecule has 0 bridgehead atoms. The van der Waals surface area contributed by atoms with Gasteiger partial charge in [-0.3, -0.25) is 14.5 Å². The van der Waals surface area contributed by atoms with Crippen LogP contribution in [0.5, 0.6) is 5.75 Å². The number of amides is 2. The smallest absolute Gasteiger partial charge is 0.277 e. The first-order valence-corrected chi connectivity index (χ1v) is 9.71. The van der Waals surface area contributed by atoms with Crippen LogP contribution in [0.2, 0.25) is 0 Å². The Morgan fingerprint density at radius 1 is 1.18 bits per heavy atom. The zero-order valence-corrected chi connectivity index (χ0v) is 16.5. The summed E-state index contributed by atoms with van der Waals surface area (Å²) in [5.74, 6) is 0.0866. The molecule has 1 aromatic rings. The Bertz CT molecular complexity index is 761. The molecular weight excluding hydrogens is 360 g/mol. The predicted octanol–water partition coefficient (Wildman–Crippen LogP) is 1.52. The van der Waals surface area contributed by atoms with Crippen LogP contribution in [-0.2, 0) is 14.3 Å². The number of imide groups is 1. The number of likely N-dealkylation sites (tertiary alicyclic amines) is 1. The maximum absolute atomic E-state index is 13.3. The van der Waals surface area contributed by atoms with Gasteiger partial charge in [0.25, 0.3) is 11.8 Å². The molecule has 2 aliphatic heterocycles. The van der Waals surface area contributed by atoms with Crippen LogP contribution in [0.1, 0.15) is 24.8 Å². The number of piperidine rings is 1. The number of methoxy groups -OCH3 is 2. The maximum Gasteiger partial charge on any atom is 0.277 e. The van der Waals surface area contributed by atoms with E-state index < -0.39 is 0 Å². The molecule has 3 rings (SSSR count). The molecular formula is C21H28N2O5. The molecule has 1 N–H and O–H groups in total.